The number of nitrogens with one attached hydrogen (secondary N) is 2. The van der Waals surface area contributed by atoms with Gasteiger partial charge >= 0.3 is 0 Å². The fourth-order valence-corrected chi connectivity index (χ4v) is 22.1. The first-order valence-corrected chi connectivity index (χ1v) is 51.3. The van der Waals surface area contributed by atoms with Crippen molar-refractivity contribution in [2.75, 3.05) is 46.0 Å². The molecule has 0 saturated carbocycles. The van der Waals surface area contributed by atoms with E-state index in [9.17, 15) is 59.5 Å². The zero-order chi connectivity index (χ0) is 108. The number of carbonyl (C=O) groups excluding carboxylic acids is 7. The maximum atomic E-state index is 13.9. The van der Waals surface area contributed by atoms with Crippen LogP contribution in [0.3, 0.4) is 0 Å². The smallest absolute Gasteiger partial charge is 0.270 e. The van der Waals surface area contributed by atoms with Gasteiger partial charge in [0.1, 0.15) is 16.8 Å². The maximum absolute atomic E-state index is 13.9. The Balaban J connectivity index is 0.000000148. The highest BCUT2D eigenvalue weighted by molar-refractivity contribution is 7.92. The van der Waals surface area contributed by atoms with Crippen LogP contribution in [0.25, 0.3) is 11.1 Å². The summed E-state index contributed by atoms with van der Waals surface area (Å²) in [5.41, 5.74) is 35.8. The highest BCUT2D eigenvalue weighted by Gasteiger charge is 2.54. The van der Waals surface area contributed by atoms with Crippen LogP contribution in [-0.2, 0) is 103 Å². The Morgan fingerprint density at radius 3 is 1.42 bits per heavy atom. The van der Waals surface area contributed by atoms with E-state index >= 15 is 0 Å². The lowest BCUT2D eigenvalue weighted by Gasteiger charge is -2.40. The predicted molar refractivity (Wildman–Crippen MR) is 574 cm³/mol. The van der Waals surface area contributed by atoms with E-state index in [0.717, 1.165) is 84.8 Å². The number of hydrogen-bond acceptors (Lipinski definition) is 23. The summed E-state index contributed by atoms with van der Waals surface area (Å²) in [6, 6.07) is 84.9. The van der Waals surface area contributed by atoms with Gasteiger partial charge in [-0.3, -0.25) is 62.8 Å². The number of carbonyl (C=O) groups is 7. The van der Waals surface area contributed by atoms with Crippen molar-refractivity contribution in [3.8, 4) is 11.1 Å². The zero-order valence-corrected chi connectivity index (χ0v) is 87.7. The maximum Gasteiger partial charge on any atom is 0.270 e. The lowest BCUT2D eigenvalue weighted by Crippen LogP contribution is -2.52. The average molecular weight is 2100 g/mol. The number of amides is 7. The van der Waals surface area contributed by atoms with Crippen molar-refractivity contribution in [3.05, 3.63) is 394 Å². The monoisotopic (exact) mass is 2090 g/mol. The summed E-state index contributed by atoms with van der Waals surface area (Å²) in [6.07, 6.45) is 0.988. The van der Waals surface area contributed by atoms with Gasteiger partial charge in [-0.15, -0.1) is 22.7 Å². The Hall–Kier alpha value is -15.8. The molecule has 12 N–H and O–H groups in total. The molecule has 5 aliphatic rings. The van der Waals surface area contributed by atoms with E-state index in [1.807, 2.05) is 251 Å². The van der Waals surface area contributed by atoms with E-state index in [-0.39, 0.29) is 111 Å². The molecule has 0 saturated heterocycles. The molecule has 772 valence electrons. The van der Waals surface area contributed by atoms with Crippen molar-refractivity contribution >= 4 is 121 Å². The predicted octanol–water partition coefficient (Wildman–Crippen LogP) is 17.5. The summed E-state index contributed by atoms with van der Waals surface area (Å²) >= 11 is 9.30. The second-order valence-electron chi connectivity index (χ2n) is 37.2. The van der Waals surface area contributed by atoms with Crippen molar-refractivity contribution in [2.24, 2.45) is 53.6 Å². The molecule has 0 spiro atoms. The molecule has 0 fully saturated rings. The van der Waals surface area contributed by atoms with E-state index in [2.05, 4.69) is 35.2 Å². The molecule has 10 aromatic carbocycles. The van der Waals surface area contributed by atoms with Crippen LogP contribution < -0.4 is 38.7 Å². The number of aromatic nitrogens is 1. The minimum absolute atomic E-state index is 0.0112. The van der Waals surface area contributed by atoms with Gasteiger partial charge in [-0.25, -0.2) is 50.9 Å². The van der Waals surface area contributed by atoms with Crippen molar-refractivity contribution in [3.63, 3.8) is 0 Å². The molecule has 149 heavy (non-hydrogen) atoms. The lowest BCUT2D eigenvalue weighted by molar-refractivity contribution is -0.131. The zero-order valence-electron chi connectivity index (χ0n) is 84.5. The first-order chi connectivity index (χ1) is 70.6. The molecule has 18 rings (SSSR count). The van der Waals surface area contributed by atoms with Crippen LogP contribution >= 0.6 is 34.3 Å². The molecular formula is C112H116ClF4N19O10S3. The van der Waals surface area contributed by atoms with Crippen LogP contribution in [0, 0.1) is 13.8 Å². The number of rotatable bonds is 25. The van der Waals surface area contributed by atoms with E-state index in [0.29, 0.717) is 47.8 Å². The first-order valence-electron chi connectivity index (χ1n) is 47.6. The quantitative estimate of drug-likeness (QED) is 0.0261. The topological polar surface area (TPSA) is 415 Å². The van der Waals surface area contributed by atoms with Crippen LogP contribution in [0.15, 0.2) is 330 Å². The Kier molecular flexibility index (Phi) is 32.5. The van der Waals surface area contributed by atoms with E-state index < -0.39 is 61.4 Å². The number of sulfonamides is 1. The van der Waals surface area contributed by atoms with Crippen LogP contribution in [-0.4, -0.2) is 155 Å². The number of aliphatic imine (C=N–C) groups is 5. The third kappa shape index (κ3) is 22.7. The summed E-state index contributed by atoms with van der Waals surface area (Å²) < 4.78 is 87.0. The highest BCUT2D eigenvalue weighted by atomic mass is 35.5. The number of guanidine groups is 5. The molecule has 29 nitrogen and oxygen atoms in total. The number of aryl methyl sites for hydroxylation is 2. The Morgan fingerprint density at radius 1 is 0.517 bits per heavy atom. The van der Waals surface area contributed by atoms with Crippen molar-refractivity contribution < 1.29 is 64.1 Å². The Bertz CT molecular complexity index is 7190. The number of nitrogens with zero attached hydrogens (tertiary/aromatic N) is 12. The van der Waals surface area contributed by atoms with Gasteiger partial charge in [0.15, 0.2) is 57.1 Å². The second-order valence-corrected chi connectivity index (χ2v) is 41.1. The van der Waals surface area contributed by atoms with Crippen LogP contribution in [0.4, 0.5) is 23.2 Å². The molecule has 13 aromatic rings. The molecule has 3 unspecified atom stereocenters. The van der Waals surface area contributed by atoms with Gasteiger partial charge in [0.25, 0.3) is 39.6 Å². The molecule has 7 atom stereocenters. The molecule has 8 heterocycles. The number of benzene rings is 10. The second kappa shape index (κ2) is 44.5. The van der Waals surface area contributed by atoms with Gasteiger partial charge in [-0.2, -0.15) is 0 Å². The summed E-state index contributed by atoms with van der Waals surface area (Å²) in [5, 5.41) is 11.1. The van der Waals surface area contributed by atoms with Gasteiger partial charge in [-0.05, 0) is 180 Å². The van der Waals surface area contributed by atoms with E-state index in [1.165, 1.54) is 71.4 Å². The SMILES string of the molecule is CCN(C(C)=O)C(C)c1cccc(C2(c3ccccc3)N=C(N)N(C)C2=O)c1.CN1C(=O)C(C)(c2cccc(-c3cc(Cl)ccc3CCNC(=O)Cc3ccccc3)c2)N=C1N.CN1C(=O)[C@@H](c2ccc(C(C)(F)F)cc2)[C@@](C)(c2cccs2)N=C1N.CN1C(=O)[C@H](c2ccc(C(C)(F)F)cc2)[C@@](C)(c2cccs2)N=C1N.Cc1noc(C)c1S(=O)(=O)Nc1ccc(CN2C(=O)C(c3ccccc3)(c3ccccc3)N=C2N)cc1. The number of thiophene rings is 2. The van der Waals surface area contributed by atoms with Gasteiger partial charge < -0.3 is 43.4 Å². The minimum Gasteiger partial charge on any atom is -0.369 e. The number of anilines is 1. The molecule has 0 aliphatic carbocycles. The molecule has 3 aromatic heterocycles. The molecule has 5 aliphatic heterocycles. The number of likely N-dealkylation sites (N-methyl/N-ethyl adjacent to an activating group) is 4. The molecule has 0 bridgehead atoms. The van der Waals surface area contributed by atoms with Gasteiger partial charge in [0.2, 0.25) is 23.6 Å². The summed E-state index contributed by atoms with van der Waals surface area (Å²) in [4.78, 5) is 124. The van der Waals surface area contributed by atoms with Crippen LogP contribution in [0.5, 0.6) is 0 Å². The number of hydrogen-bond donors (Lipinski definition) is 7. The molecule has 37 heteroatoms. The van der Waals surface area contributed by atoms with Crippen molar-refractivity contribution in [2.45, 2.75) is 151 Å². The van der Waals surface area contributed by atoms with E-state index in [1.54, 1.807) is 109 Å². The van der Waals surface area contributed by atoms with Crippen molar-refractivity contribution in [1.82, 2.24) is 39.9 Å². The normalized spacial score (nSPS) is 19.7. The van der Waals surface area contributed by atoms with Crippen LogP contribution in [0.1, 0.15) is 167 Å². The third-order valence-corrected chi connectivity index (χ3v) is 31.1. The highest BCUT2D eigenvalue weighted by Crippen LogP contribution is 2.50. The first kappa shape index (κ1) is 109. The van der Waals surface area contributed by atoms with Gasteiger partial charge in [0, 0.05) is 93.6 Å². The van der Waals surface area contributed by atoms with Gasteiger partial charge in [0.05, 0.1) is 30.8 Å². The fraction of sp³-hybridized carbons (Fsp3) is 0.259. The number of halogens is 5. The summed E-state index contributed by atoms with van der Waals surface area (Å²) in [5.74, 6) is -7.17. The number of alkyl halides is 4. The standard InChI is InChI=1S/C27H27ClN4O2.C27H25N5O4S.C22H26N4O2.2C18H19F2N3OS/c1-27(25(34)32(2)26(29)31-27)21-10-6-9-20(16-21)23-17-22(28)12-11-19(23)13-14-30-24(33)15-18-7-4-3-5-8-18;1-18-24(19(2)36-30-18)37(34,35)31-23-15-13-20(14-16-23)17-32-25(33)27(29-26(32)28,21-9-5-3-6-10-21)22-11-7-4-8-12-22;1-5-26(16(3)27)15(2)17-10-9-13-19(14-17)22(18-11-7-6-8-12-18)20(28)25(4)21(23)24-22;2*1-17(13-5-4-10-25-13)14(15(24)23(3)16(21)22-17)11-6-8-12(9-7-11)18(2,19)20/h3-12,16-17H,13-15H2,1-2H3,(H2,29,31)(H,30,33);3-16,31H,17H2,1-2H3,(H2,28,29);6-15H,5H2,1-4H3,(H2,23,24);2*4-10,14H,1-3H3,(H2,21,22)/t;;;14-,17+;14-,17-/m...01/s1. The Labute approximate surface area is 875 Å². The Morgan fingerprint density at radius 2 is 0.973 bits per heavy atom. The summed E-state index contributed by atoms with van der Waals surface area (Å²) in [6.45, 7) is 17.1. The van der Waals surface area contributed by atoms with Crippen LogP contribution in [0.2, 0.25) is 5.02 Å². The van der Waals surface area contributed by atoms with Crippen molar-refractivity contribution in [1.29, 1.82) is 0 Å². The third-order valence-electron chi connectivity index (χ3n) is 27.0. The molecule has 7 amide bonds. The van der Waals surface area contributed by atoms with E-state index in [4.69, 9.17) is 49.8 Å². The number of nitrogens with two attached hydrogens (primary N) is 5. The molecular weight excluding hydrogens is 1980 g/mol. The average Bonchev–Trinajstić information content (AvgIpc) is 1.29. The fourth-order valence-electron chi connectivity index (χ4n) is 18.8. The van der Waals surface area contributed by atoms with Gasteiger partial charge in [-0.1, -0.05) is 259 Å². The lowest BCUT2D eigenvalue weighted by atomic mass is 9.77. The largest absolute Gasteiger partial charge is 0.369 e. The molecule has 0 radical (unpaired) electrons. The minimum atomic E-state index is -3.87. The summed E-state index contributed by atoms with van der Waals surface area (Å²) in [7, 11) is 2.52.